The van der Waals surface area contributed by atoms with Crippen molar-refractivity contribution in [1.82, 2.24) is 9.97 Å². The number of rotatable bonds is 2. The van der Waals surface area contributed by atoms with Crippen LogP contribution in [0.15, 0.2) is 146 Å². The van der Waals surface area contributed by atoms with Gasteiger partial charge in [0.15, 0.2) is 0 Å². The second-order valence-electron chi connectivity index (χ2n) is 17.7. The highest BCUT2D eigenvalue weighted by molar-refractivity contribution is 5.72. The number of hydrogen-bond donors (Lipinski definition) is 4. The van der Waals surface area contributed by atoms with Crippen LogP contribution in [0.2, 0.25) is 0 Å². The first-order valence-corrected chi connectivity index (χ1v) is 26.1. The van der Waals surface area contributed by atoms with Crippen LogP contribution >= 0.6 is 0 Å². The van der Waals surface area contributed by atoms with Gasteiger partial charge in [0.2, 0.25) is 0 Å². The second kappa shape index (κ2) is 29.6. The number of benzene rings is 5. The standard InChI is InChI=1S/C60H68N6O10/c1-5-13-57-53(9-1)61-41-49-37-47(38-50(65-49)42-62-54-10-2-6-14-58(54)74-34-30-70-26-22-67-21-25-69-29-33-73-57)45-17-19-46(20-18-45)48-39-51-43-63-55-11-3-7-15-59(55)75-35-31-71-27-23-68-24-28-72-32-36-76-60-16-8-4-12-56(60)64-44-52(40-48)66-51/h1-20,37-40,61-64H,21-36,41-44H2. The number of aromatic nitrogens is 2. The Bertz CT molecular complexity index is 2500. The SMILES string of the molecule is c1ccc2c(c1)NCc1cc(-c3ccc(-c4cc5nc(c4)CNc4ccccc4OCCOCCOCCOCCOc4ccccc4NC5)cc3)cc(n1)CNc1ccccc1OCCOCCOCCOCCO2. The van der Waals surface area contributed by atoms with Crippen LogP contribution < -0.4 is 40.2 Å². The summed E-state index contributed by atoms with van der Waals surface area (Å²) in [7, 11) is 0. The molecule has 7 aromatic rings. The Morgan fingerprint density at radius 1 is 0.250 bits per heavy atom. The van der Waals surface area contributed by atoms with E-state index in [0.717, 1.165) is 90.8 Å². The fourth-order valence-electron chi connectivity index (χ4n) is 8.47. The van der Waals surface area contributed by atoms with Gasteiger partial charge in [-0.3, -0.25) is 9.97 Å². The second-order valence-corrected chi connectivity index (χ2v) is 17.7. The van der Waals surface area contributed by atoms with E-state index in [4.69, 9.17) is 57.3 Å². The lowest BCUT2D eigenvalue weighted by Gasteiger charge is -2.17. The predicted molar refractivity (Wildman–Crippen MR) is 295 cm³/mol. The Morgan fingerprint density at radius 2 is 0.474 bits per heavy atom. The van der Waals surface area contributed by atoms with Gasteiger partial charge in [0, 0.05) is 0 Å². The molecule has 0 aliphatic carbocycles. The lowest BCUT2D eigenvalue weighted by Crippen LogP contribution is -2.15. The highest BCUT2D eigenvalue weighted by atomic mass is 16.6. The van der Waals surface area contributed by atoms with Gasteiger partial charge >= 0.3 is 0 Å². The van der Waals surface area contributed by atoms with Crippen LogP contribution in [-0.4, -0.2) is 116 Å². The Hall–Kier alpha value is -7.44. The van der Waals surface area contributed by atoms with Crippen LogP contribution in [0.1, 0.15) is 22.8 Å². The van der Waals surface area contributed by atoms with E-state index in [1.54, 1.807) is 0 Å². The fourth-order valence-corrected chi connectivity index (χ4v) is 8.47. The molecule has 0 atom stereocenters. The first kappa shape index (κ1) is 53.4. The van der Waals surface area contributed by atoms with Crippen LogP contribution in [0.25, 0.3) is 22.3 Å². The lowest BCUT2D eigenvalue weighted by molar-refractivity contribution is 0.00505. The average molecular weight is 1030 g/mol. The van der Waals surface area contributed by atoms with Crippen molar-refractivity contribution in [2.45, 2.75) is 26.2 Å². The number of ether oxygens (including phenoxy) is 10. The van der Waals surface area contributed by atoms with Crippen LogP contribution in [0, 0.1) is 0 Å². The molecule has 4 heterocycles. The summed E-state index contributed by atoms with van der Waals surface area (Å²) in [5.41, 5.74) is 11.1. The summed E-state index contributed by atoms with van der Waals surface area (Å²) in [5, 5.41) is 14.4. The van der Waals surface area contributed by atoms with Crippen LogP contribution in [-0.2, 0) is 54.6 Å². The lowest BCUT2D eigenvalue weighted by atomic mass is 9.99. The van der Waals surface area contributed by atoms with Gasteiger partial charge in [0.25, 0.3) is 0 Å². The molecule has 5 aromatic carbocycles. The minimum absolute atomic E-state index is 0.400. The summed E-state index contributed by atoms with van der Waals surface area (Å²) in [6, 6.07) is 48.9. The first-order chi connectivity index (χ1) is 37.7. The molecule has 0 saturated carbocycles. The Labute approximate surface area is 445 Å². The summed E-state index contributed by atoms with van der Waals surface area (Å²) in [6.07, 6.45) is 0. The maximum Gasteiger partial charge on any atom is 0.142 e. The van der Waals surface area contributed by atoms with Crippen LogP contribution in [0.3, 0.4) is 0 Å². The van der Waals surface area contributed by atoms with Gasteiger partial charge < -0.3 is 68.6 Å². The summed E-state index contributed by atoms with van der Waals surface area (Å²) < 4.78 is 59.1. The highest BCUT2D eigenvalue weighted by Gasteiger charge is 2.14. The molecular weight excluding hydrogens is 965 g/mol. The molecule has 0 radical (unpaired) electrons. The van der Waals surface area contributed by atoms with Gasteiger partial charge in [0.1, 0.15) is 49.4 Å². The monoisotopic (exact) mass is 1030 g/mol. The molecule has 4 N–H and O–H groups in total. The van der Waals surface area contributed by atoms with Gasteiger partial charge in [0.05, 0.1) is 151 Å². The number of pyridine rings is 2. The number of nitrogens with one attached hydrogen (secondary N) is 4. The molecule has 0 unspecified atom stereocenters. The van der Waals surface area contributed by atoms with E-state index in [1.807, 2.05) is 97.1 Å². The molecule has 0 amide bonds. The fraction of sp³-hybridized carbons (Fsp3) is 0.333. The highest BCUT2D eigenvalue weighted by Crippen LogP contribution is 2.32. The molecule has 2 aliphatic heterocycles. The zero-order chi connectivity index (χ0) is 51.7. The minimum atomic E-state index is 0.400. The molecule has 2 aromatic heterocycles. The topological polar surface area (TPSA) is 166 Å². The third-order valence-electron chi connectivity index (χ3n) is 12.2. The van der Waals surface area contributed by atoms with E-state index < -0.39 is 0 Å². The molecule has 9 rings (SSSR count). The summed E-state index contributed by atoms with van der Waals surface area (Å²) in [5.74, 6) is 2.95. The molecule has 0 saturated heterocycles. The van der Waals surface area contributed by atoms with Crippen molar-refractivity contribution >= 4 is 22.7 Å². The van der Waals surface area contributed by atoms with Crippen molar-refractivity contribution < 1.29 is 47.4 Å². The van der Waals surface area contributed by atoms with Crippen molar-refractivity contribution in [3.05, 3.63) is 168 Å². The summed E-state index contributed by atoms with van der Waals surface area (Å²) in [6.45, 7) is 8.96. The van der Waals surface area contributed by atoms with Gasteiger partial charge in [-0.15, -0.1) is 0 Å². The van der Waals surface area contributed by atoms with Gasteiger partial charge in [-0.2, -0.15) is 0 Å². The summed E-state index contributed by atoms with van der Waals surface area (Å²) in [4.78, 5) is 10.3. The third kappa shape index (κ3) is 16.8. The smallest absolute Gasteiger partial charge is 0.142 e. The molecule has 0 fully saturated rings. The zero-order valence-electron chi connectivity index (χ0n) is 43.0. The van der Waals surface area contributed by atoms with Crippen LogP contribution in [0.5, 0.6) is 23.0 Å². The van der Waals surface area contributed by atoms with E-state index in [2.05, 4.69) is 69.8 Å². The van der Waals surface area contributed by atoms with Crippen molar-refractivity contribution in [3.63, 3.8) is 0 Å². The zero-order valence-corrected chi connectivity index (χ0v) is 43.0. The number of fused-ring (bicyclic) bond motifs is 8. The molecule has 16 heteroatoms. The maximum atomic E-state index is 6.17. The molecule has 398 valence electrons. The molecule has 16 nitrogen and oxygen atoms in total. The van der Waals surface area contributed by atoms with Gasteiger partial charge in [-0.1, -0.05) is 72.8 Å². The minimum Gasteiger partial charge on any atom is -0.489 e. The number of nitrogens with zero attached hydrogens (tertiary/aromatic N) is 2. The number of hydrogen-bond acceptors (Lipinski definition) is 16. The van der Waals surface area contributed by atoms with E-state index in [9.17, 15) is 0 Å². The van der Waals surface area contributed by atoms with Crippen molar-refractivity contribution in [1.29, 1.82) is 0 Å². The van der Waals surface area contributed by atoms with Crippen molar-refractivity contribution in [2.24, 2.45) is 0 Å². The van der Waals surface area contributed by atoms with Crippen LogP contribution in [0.4, 0.5) is 22.7 Å². The average Bonchev–Trinajstić information content (AvgIpc) is 3.46. The quantitative estimate of drug-likeness (QED) is 0.129. The van der Waals surface area contributed by atoms with E-state index >= 15 is 0 Å². The Morgan fingerprint density at radius 3 is 0.724 bits per heavy atom. The number of para-hydroxylation sites is 8. The molecule has 4 bridgehead atoms. The molecule has 76 heavy (non-hydrogen) atoms. The third-order valence-corrected chi connectivity index (χ3v) is 12.2. The van der Waals surface area contributed by atoms with Crippen molar-refractivity contribution in [2.75, 3.05) is 127 Å². The molecule has 0 spiro atoms. The summed E-state index contributed by atoms with van der Waals surface area (Å²) >= 11 is 0. The van der Waals surface area contributed by atoms with Gasteiger partial charge in [-0.05, 0) is 95.1 Å². The van der Waals surface area contributed by atoms with E-state index in [0.29, 0.717) is 132 Å². The number of anilines is 4. The normalized spacial score (nSPS) is 16.4. The first-order valence-electron chi connectivity index (χ1n) is 26.1. The van der Waals surface area contributed by atoms with Crippen molar-refractivity contribution in [3.8, 4) is 45.3 Å². The van der Waals surface area contributed by atoms with E-state index in [-0.39, 0.29) is 0 Å². The Kier molecular flexibility index (Phi) is 20.8. The largest absolute Gasteiger partial charge is 0.489 e. The Balaban J connectivity index is 0.977. The predicted octanol–water partition coefficient (Wildman–Crippen LogP) is 9.90. The van der Waals surface area contributed by atoms with Gasteiger partial charge in [-0.25, -0.2) is 0 Å². The van der Waals surface area contributed by atoms with E-state index in [1.165, 1.54) is 0 Å². The molecular formula is C60H68N6O10. The maximum absolute atomic E-state index is 6.17. The molecule has 2 aliphatic rings.